The van der Waals surface area contributed by atoms with Crippen LogP contribution >= 0.6 is 23.2 Å². The lowest BCUT2D eigenvalue weighted by Crippen LogP contribution is -2.41. The molecule has 1 heterocycles. The smallest absolute Gasteiger partial charge is 0.258 e. The molecule has 0 radical (unpaired) electrons. The van der Waals surface area contributed by atoms with Crippen molar-refractivity contribution in [2.45, 2.75) is 18.5 Å². The van der Waals surface area contributed by atoms with Crippen LogP contribution in [0.15, 0.2) is 47.6 Å². The van der Waals surface area contributed by atoms with Gasteiger partial charge in [0.15, 0.2) is 0 Å². The minimum absolute atomic E-state index is 0.0815. The van der Waals surface area contributed by atoms with Crippen molar-refractivity contribution >= 4 is 35.3 Å². The zero-order valence-corrected chi connectivity index (χ0v) is 14.6. The predicted molar refractivity (Wildman–Crippen MR) is 97.7 cm³/mol. The quantitative estimate of drug-likeness (QED) is 0.486. The molecule has 25 heavy (non-hydrogen) atoms. The third-order valence-electron chi connectivity index (χ3n) is 3.77. The summed E-state index contributed by atoms with van der Waals surface area (Å²) in [4.78, 5) is 12.2. The molecular weight excluding hydrogens is 363 g/mol. The molecule has 3 rings (SSSR count). The van der Waals surface area contributed by atoms with Crippen LogP contribution < -0.4 is 16.3 Å². The third-order valence-corrected chi connectivity index (χ3v) is 4.20. The minimum atomic E-state index is -0.441. The molecule has 1 amide bonds. The Bertz CT molecular complexity index is 793. The summed E-state index contributed by atoms with van der Waals surface area (Å²) in [6.07, 6.45) is 2.00. The SMILES string of the molecule is O=C(N/N=C/c1cccc(O)c1)C1CC(c2cc(Cl)cc(Cl)c2)NN1. The Morgan fingerprint density at radius 1 is 1.20 bits per heavy atom. The van der Waals surface area contributed by atoms with Crippen LogP contribution in [0.5, 0.6) is 5.75 Å². The molecule has 0 bridgehead atoms. The van der Waals surface area contributed by atoms with Crippen LogP contribution in [0.25, 0.3) is 0 Å². The lowest BCUT2D eigenvalue weighted by atomic mass is 10.0. The van der Waals surface area contributed by atoms with E-state index in [1.807, 2.05) is 12.1 Å². The van der Waals surface area contributed by atoms with E-state index < -0.39 is 6.04 Å². The summed E-state index contributed by atoms with van der Waals surface area (Å²) in [5, 5.41) is 14.4. The molecule has 4 N–H and O–H groups in total. The van der Waals surface area contributed by atoms with E-state index in [-0.39, 0.29) is 17.7 Å². The van der Waals surface area contributed by atoms with Crippen molar-refractivity contribution in [1.29, 1.82) is 0 Å². The van der Waals surface area contributed by atoms with E-state index in [2.05, 4.69) is 21.4 Å². The number of rotatable bonds is 4. The number of hydrazone groups is 1. The molecule has 2 unspecified atom stereocenters. The van der Waals surface area contributed by atoms with Crippen LogP contribution in [0.1, 0.15) is 23.6 Å². The third kappa shape index (κ3) is 4.70. The van der Waals surface area contributed by atoms with E-state index in [0.29, 0.717) is 22.0 Å². The number of carbonyl (C=O) groups is 1. The number of aromatic hydroxyl groups is 1. The first-order chi connectivity index (χ1) is 12.0. The van der Waals surface area contributed by atoms with Crippen LogP contribution in [0.3, 0.4) is 0 Å². The highest BCUT2D eigenvalue weighted by Crippen LogP contribution is 2.28. The highest BCUT2D eigenvalue weighted by Gasteiger charge is 2.30. The zero-order chi connectivity index (χ0) is 17.8. The molecule has 1 aliphatic heterocycles. The molecule has 0 saturated carbocycles. The summed E-state index contributed by atoms with van der Waals surface area (Å²) in [6.45, 7) is 0. The van der Waals surface area contributed by atoms with Gasteiger partial charge in [0.05, 0.1) is 6.21 Å². The molecule has 1 aliphatic rings. The monoisotopic (exact) mass is 378 g/mol. The molecule has 2 atom stereocenters. The molecular formula is C17H16Cl2N4O2. The standard InChI is InChI=1S/C17H16Cl2N4O2/c18-12-5-11(6-13(19)7-12)15-8-16(22-21-15)17(25)23-20-9-10-2-1-3-14(24)4-10/h1-7,9,15-16,21-22,24H,8H2,(H,23,25)/b20-9+. The number of phenols is 1. The number of carbonyl (C=O) groups excluding carboxylic acids is 1. The second-order valence-corrected chi connectivity index (χ2v) is 6.53. The van der Waals surface area contributed by atoms with Gasteiger partial charge >= 0.3 is 0 Å². The van der Waals surface area contributed by atoms with Gasteiger partial charge in [-0.1, -0.05) is 35.3 Å². The van der Waals surface area contributed by atoms with Crippen molar-refractivity contribution in [3.63, 3.8) is 0 Å². The number of phenolic OH excluding ortho intramolecular Hbond substituents is 1. The molecule has 1 fully saturated rings. The van der Waals surface area contributed by atoms with E-state index in [9.17, 15) is 9.90 Å². The number of hydrogen-bond donors (Lipinski definition) is 4. The number of nitrogens with one attached hydrogen (secondary N) is 3. The van der Waals surface area contributed by atoms with Crippen LogP contribution in [0, 0.1) is 0 Å². The van der Waals surface area contributed by atoms with Gasteiger partial charge in [-0.05, 0) is 47.9 Å². The lowest BCUT2D eigenvalue weighted by Gasteiger charge is -2.10. The Hall–Kier alpha value is -2.12. The summed E-state index contributed by atoms with van der Waals surface area (Å²) in [6, 6.07) is 11.3. The predicted octanol–water partition coefficient (Wildman–Crippen LogP) is 2.76. The molecule has 2 aromatic carbocycles. The van der Waals surface area contributed by atoms with Gasteiger partial charge in [-0.15, -0.1) is 0 Å². The molecule has 1 saturated heterocycles. The average Bonchev–Trinajstić information content (AvgIpc) is 3.04. The fraction of sp³-hybridized carbons (Fsp3) is 0.176. The fourth-order valence-electron chi connectivity index (χ4n) is 2.58. The Morgan fingerprint density at radius 2 is 1.96 bits per heavy atom. The summed E-state index contributed by atoms with van der Waals surface area (Å²) in [5.41, 5.74) is 10.1. The van der Waals surface area contributed by atoms with E-state index in [1.54, 1.807) is 30.3 Å². The highest BCUT2D eigenvalue weighted by molar-refractivity contribution is 6.34. The summed E-state index contributed by atoms with van der Waals surface area (Å²) >= 11 is 12.0. The van der Waals surface area contributed by atoms with Gasteiger partial charge in [0, 0.05) is 16.1 Å². The zero-order valence-electron chi connectivity index (χ0n) is 13.0. The number of nitrogens with zero attached hydrogens (tertiary/aromatic N) is 1. The van der Waals surface area contributed by atoms with Gasteiger partial charge in [-0.2, -0.15) is 5.10 Å². The van der Waals surface area contributed by atoms with Gasteiger partial charge < -0.3 is 5.11 Å². The summed E-state index contributed by atoms with van der Waals surface area (Å²) < 4.78 is 0. The maximum Gasteiger partial charge on any atom is 0.258 e. The normalized spacial score (nSPS) is 20.1. The maximum absolute atomic E-state index is 12.2. The fourth-order valence-corrected chi connectivity index (χ4v) is 3.12. The Balaban J connectivity index is 1.57. The highest BCUT2D eigenvalue weighted by atomic mass is 35.5. The van der Waals surface area contributed by atoms with Crippen LogP contribution in [-0.4, -0.2) is 23.3 Å². The first kappa shape index (κ1) is 17.7. The van der Waals surface area contributed by atoms with E-state index in [4.69, 9.17) is 23.2 Å². The van der Waals surface area contributed by atoms with Crippen LogP contribution in [0.2, 0.25) is 10.0 Å². The molecule has 0 spiro atoms. The number of halogens is 2. The van der Waals surface area contributed by atoms with Crippen molar-refractivity contribution in [3.8, 4) is 5.75 Å². The Labute approximate surface area is 154 Å². The summed E-state index contributed by atoms with van der Waals surface area (Å²) in [5.74, 6) is -0.125. The topological polar surface area (TPSA) is 85.8 Å². The Morgan fingerprint density at radius 3 is 2.68 bits per heavy atom. The maximum atomic E-state index is 12.2. The minimum Gasteiger partial charge on any atom is -0.508 e. The summed E-state index contributed by atoms with van der Waals surface area (Å²) in [7, 11) is 0. The van der Waals surface area contributed by atoms with Crippen LogP contribution in [-0.2, 0) is 4.79 Å². The van der Waals surface area contributed by atoms with Crippen molar-refractivity contribution in [2.24, 2.45) is 5.10 Å². The number of hydrogen-bond acceptors (Lipinski definition) is 5. The van der Waals surface area contributed by atoms with Crippen molar-refractivity contribution in [3.05, 3.63) is 63.6 Å². The molecule has 0 aliphatic carbocycles. The average molecular weight is 379 g/mol. The lowest BCUT2D eigenvalue weighted by molar-refractivity contribution is -0.122. The van der Waals surface area contributed by atoms with E-state index >= 15 is 0 Å². The van der Waals surface area contributed by atoms with E-state index in [0.717, 1.165) is 5.56 Å². The number of amides is 1. The van der Waals surface area contributed by atoms with Gasteiger partial charge in [0.1, 0.15) is 11.8 Å². The van der Waals surface area contributed by atoms with Gasteiger partial charge in [0.25, 0.3) is 5.91 Å². The van der Waals surface area contributed by atoms with Gasteiger partial charge in [-0.3, -0.25) is 4.79 Å². The number of benzene rings is 2. The van der Waals surface area contributed by atoms with Crippen molar-refractivity contribution < 1.29 is 9.90 Å². The molecule has 0 aromatic heterocycles. The molecule has 6 nitrogen and oxygen atoms in total. The second kappa shape index (κ2) is 7.84. The largest absolute Gasteiger partial charge is 0.508 e. The van der Waals surface area contributed by atoms with Crippen LogP contribution in [0.4, 0.5) is 0 Å². The Kier molecular flexibility index (Phi) is 5.55. The van der Waals surface area contributed by atoms with E-state index in [1.165, 1.54) is 6.21 Å². The van der Waals surface area contributed by atoms with Crippen molar-refractivity contribution in [2.75, 3.05) is 0 Å². The molecule has 130 valence electrons. The first-order valence-corrected chi connectivity index (χ1v) is 8.36. The first-order valence-electron chi connectivity index (χ1n) is 7.60. The van der Waals surface area contributed by atoms with Gasteiger partial charge in [0.2, 0.25) is 0 Å². The second-order valence-electron chi connectivity index (χ2n) is 5.66. The van der Waals surface area contributed by atoms with Crippen molar-refractivity contribution in [1.82, 2.24) is 16.3 Å². The number of hydrazine groups is 1. The van der Waals surface area contributed by atoms with Gasteiger partial charge in [-0.25, -0.2) is 16.3 Å². The molecule has 2 aromatic rings. The molecule has 8 heteroatoms.